The molecule has 2 aromatic rings. The summed E-state index contributed by atoms with van der Waals surface area (Å²) in [5, 5.41) is 20.1. The molecule has 106 valence electrons. The van der Waals surface area contributed by atoms with Crippen molar-refractivity contribution >= 4 is 5.69 Å². The van der Waals surface area contributed by atoms with Gasteiger partial charge in [-0.1, -0.05) is 6.07 Å². The Bertz CT molecular complexity index is 763. The van der Waals surface area contributed by atoms with Crippen molar-refractivity contribution in [2.24, 2.45) is 0 Å². The van der Waals surface area contributed by atoms with Gasteiger partial charge < -0.3 is 4.74 Å². The smallest absolute Gasteiger partial charge is 0.276 e. The van der Waals surface area contributed by atoms with Gasteiger partial charge in [0.1, 0.15) is 23.1 Å². The molecule has 1 aromatic carbocycles. The van der Waals surface area contributed by atoms with Crippen LogP contribution in [0.25, 0.3) is 0 Å². The Labute approximate surface area is 121 Å². The van der Waals surface area contributed by atoms with Crippen LogP contribution in [0.3, 0.4) is 0 Å². The molecule has 0 aliphatic rings. The molecule has 0 N–H and O–H groups in total. The molecule has 0 unspecified atom stereocenters. The zero-order valence-electron chi connectivity index (χ0n) is 11.9. The molecule has 1 aromatic heterocycles. The average molecular weight is 283 g/mol. The van der Waals surface area contributed by atoms with E-state index in [-0.39, 0.29) is 5.69 Å². The summed E-state index contributed by atoms with van der Waals surface area (Å²) in [5.41, 5.74) is 2.00. The number of aryl methyl sites for hydroxylation is 2. The Kier molecular flexibility index (Phi) is 3.85. The minimum absolute atomic E-state index is 0.0199. The average Bonchev–Trinajstić information content (AvgIpc) is 2.40. The number of hydrogen-bond acceptors (Lipinski definition) is 5. The summed E-state index contributed by atoms with van der Waals surface area (Å²) < 4.78 is 5.72. The number of pyridine rings is 1. The first-order valence-electron chi connectivity index (χ1n) is 6.24. The SMILES string of the molecule is Cc1cc(Oc2cccc([N+](=O)[O-])c2C)c(C#N)c(C)n1. The van der Waals surface area contributed by atoms with Gasteiger partial charge in [-0.2, -0.15) is 5.26 Å². The molecule has 6 heteroatoms. The van der Waals surface area contributed by atoms with Crippen LogP contribution in [0.15, 0.2) is 24.3 Å². The maximum Gasteiger partial charge on any atom is 0.276 e. The molecule has 21 heavy (non-hydrogen) atoms. The Balaban J connectivity index is 2.51. The van der Waals surface area contributed by atoms with Crippen LogP contribution in [0.1, 0.15) is 22.5 Å². The van der Waals surface area contributed by atoms with Crippen LogP contribution in [0.5, 0.6) is 11.5 Å². The fourth-order valence-electron chi connectivity index (χ4n) is 2.04. The molecule has 2 rings (SSSR count). The van der Waals surface area contributed by atoms with Gasteiger partial charge in [0.2, 0.25) is 0 Å². The highest BCUT2D eigenvalue weighted by Crippen LogP contribution is 2.33. The molecule has 0 saturated heterocycles. The second-order valence-electron chi connectivity index (χ2n) is 4.59. The van der Waals surface area contributed by atoms with Crippen LogP contribution >= 0.6 is 0 Å². The van der Waals surface area contributed by atoms with E-state index in [0.717, 1.165) is 0 Å². The number of ether oxygens (including phenoxy) is 1. The van der Waals surface area contributed by atoms with Crippen LogP contribution in [0.4, 0.5) is 5.69 Å². The van der Waals surface area contributed by atoms with Gasteiger partial charge in [0, 0.05) is 17.8 Å². The van der Waals surface area contributed by atoms with Crippen molar-refractivity contribution in [1.29, 1.82) is 5.26 Å². The van der Waals surface area contributed by atoms with Gasteiger partial charge >= 0.3 is 0 Å². The number of nitro benzene ring substituents is 1. The molecule has 0 saturated carbocycles. The minimum Gasteiger partial charge on any atom is -0.455 e. The fraction of sp³-hybridized carbons (Fsp3) is 0.200. The zero-order valence-corrected chi connectivity index (χ0v) is 11.9. The minimum atomic E-state index is -0.462. The summed E-state index contributed by atoms with van der Waals surface area (Å²) in [6, 6.07) is 8.29. The van der Waals surface area contributed by atoms with E-state index in [2.05, 4.69) is 4.98 Å². The summed E-state index contributed by atoms with van der Waals surface area (Å²) in [6.45, 7) is 5.13. The molecule has 0 radical (unpaired) electrons. The number of nitrogens with zero attached hydrogens (tertiary/aromatic N) is 3. The van der Waals surface area contributed by atoms with Crippen molar-refractivity contribution < 1.29 is 9.66 Å². The third kappa shape index (κ3) is 2.82. The fourth-order valence-corrected chi connectivity index (χ4v) is 2.04. The number of benzene rings is 1. The first-order chi connectivity index (χ1) is 9.93. The summed E-state index contributed by atoms with van der Waals surface area (Å²) in [5.74, 6) is 0.705. The van der Waals surface area contributed by atoms with Crippen molar-refractivity contribution in [2.45, 2.75) is 20.8 Å². The Hall–Kier alpha value is -2.94. The standard InChI is InChI=1S/C15H13N3O3/c1-9-7-15(12(8-16)11(3)17-9)21-14-6-4-5-13(10(14)2)18(19)20/h4-7H,1-3H3. The molecule has 0 amide bonds. The van der Waals surface area contributed by atoms with Gasteiger partial charge in [-0.3, -0.25) is 15.1 Å². The van der Waals surface area contributed by atoms with Crippen LogP contribution in [-0.2, 0) is 0 Å². The normalized spacial score (nSPS) is 10.0. The lowest BCUT2D eigenvalue weighted by Gasteiger charge is -2.11. The maximum atomic E-state index is 10.9. The van der Waals surface area contributed by atoms with Crippen molar-refractivity contribution in [2.75, 3.05) is 0 Å². The highest BCUT2D eigenvalue weighted by atomic mass is 16.6. The monoisotopic (exact) mass is 283 g/mol. The maximum absolute atomic E-state index is 10.9. The van der Waals surface area contributed by atoms with Crippen LogP contribution in [0.2, 0.25) is 0 Å². The van der Waals surface area contributed by atoms with E-state index in [1.54, 1.807) is 39.0 Å². The third-order valence-corrected chi connectivity index (χ3v) is 3.08. The predicted molar refractivity (Wildman–Crippen MR) is 76.3 cm³/mol. The molecule has 0 bridgehead atoms. The molecule has 0 spiro atoms. The first-order valence-corrected chi connectivity index (χ1v) is 6.24. The van der Waals surface area contributed by atoms with E-state index in [1.165, 1.54) is 6.07 Å². The topological polar surface area (TPSA) is 89.0 Å². The van der Waals surface area contributed by atoms with E-state index < -0.39 is 4.92 Å². The predicted octanol–water partition coefficient (Wildman–Crippen LogP) is 3.58. The molecule has 0 aliphatic carbocycles. The highest BCUT2D eigenvalue weighted by molar-refractivity contribution is 5.53. The number of nitriles is 1. The zero-order chi connectivity index (χ0) is 15.6. The molecular weight excluding hydrogens is 270 g/mol. The van der Waals surface area contributed by atoms with Gasteiger partial charge in [-0.15, -0.1) is 0 Å². The van der Waals surface area contributed by atoms with E-state index in [4.69, 9.17) is 4.74 Å². The van der Waals surface area contributed by atoms with Gasteiger partial charge in [0.25, 0.3) is 5.69 Å². The van der Waals surface area contributed by atoms with Crippen LogP contribution in [0, 0.1) is 42.2 Å². The van der Waals surface area contributed by atoms with Gasteiger partial charge in [-0.25, -0.2) is 0 Å². The summed E-state index contributed by atoms with van der Waals surface area (Å²) in [6.07, 6.45) is 0. The quantitative estimate of drug-likeness (QED) is 0.634. The molecule has 0 aliphatic heterocycles. The van der Waals surface area contributed by atoms with Gasteiger partial charge in [-0.05, 0) is 26.8 Å². The van der Waals surface area contributed by atoms with E-state index in [9.17, 15) is 15.4 Å². The number of rotatable bonds is 3. The first kappa shape index (κ1) is 14.5. The van der Waals surface area contributed by atoms with Crippen molar-refractivity contribution in [1.82, 2.24) is 4.98 Å². The number of aromatic nitrogens is 1. The van der Waals surface area contributed by atoms with Crippen molar-refractivity contribution in [3.05, 3.63) is 56.9 Å². The molecule has 6 nitrogen and oxygen atoms in total. The lowest BCUT2D eigenvalue weighted by molar-refractivity contribution is -0.385. The highest BCUT2D eigenvalue weighted by Gasteiger charge is 2.17. The van der Waals surface area contributed by atoms with Crippen molar-refractivity contribution in [3.63, 3.8) is 0 Å². The summed E-state index contributed by atoms with van der Waals surface area (Å²) in [7, 11) is 0. The third-order valence-electron chi connectivity index (χ3n) is 3.08. The van der Waals surface area contributed by atoms with E-state index in [1.807, 2.05) is 6.07 Å². The van der Waals surface area contributed by atoms with Gasteiger partial charge in [0.05, 0.1) is 16.2 Å². The summed E-state index contributed by atoms with van der Waals surface area (Å²) >= 11 is 0. The summed E-state index contributed by atoms with van der Waals surface area (Å²) in [4.78, 5) is 14.7. The second-order valence-corrected chi connectivity index (χ2v) is 4.59. The molecule has 0 atom stereocenters. The second kappa shape index (κ2) is 5.59. The van der Waals surface area contributed by atoms with Crippen molar-refractivity contribution in [3.8, 4) is 17.6 Å². The Morgan fingerprint density at radius 1 is 1.29 bits per heavy atom. The molecule has 1 heterocycles. The van der Waals surface area contributed by atoms with Crippen LogP contribution < -0.4 is 4.74 Å². The Morgan fingerprint density at radius 3 is 2.62 bits per heavy atom. The molecular formula is C15H13N3O3. The van der Waals surface area contributed by atoms with Gasteiger partial charge in [0.15, 0.2) is 0 Å². The molecule has 0 fully saturated rings. The lowest BCUT2D eigenvalue weighted by Crippen LogP contribution is -1.99. The lowest BCUT2D eigenvalue weighted by atomic mass is 10.1. The van der Waals surface area contributed by atoms with E-state index in [0.29, 0.717) is 34.0 Å². The largest absolute Gasteiger partial charge is 0.455 e. The number of hydrogen-bond donors (Lipinski definition) is 0. The van der Waals surface area contributed by atoms with Crippen LogP contribution in [-0.4, -0.2) is 9.91 Å². The van der Waals surface area contributed by atoms with E-state index >= 15 is 0 Å². The Morgan fingerprint density at radius 2 is 2.00 bits per heavy atom. The number of nitro groups is 1.